The van der Waals surface area contributed by atoms with E-state index >= 15 is 0 Å². The van der Waals surface area contributed by atoms with Gasteiger partial charge in [-0.15, -0.1) is 0 Å². The van der Waals surface area contributed by atoms with Crippen LogP contribution in [0.1, 0.15) is 48.3 Å². The van der Waals surface area contributed by atoms with Crippen molar-refractivity contribution in [1.82, 2.24) is 0 Å². The van der Waals surface area contributed by atoms with Crippen LogP contribution < -0.4 is 20.1 Å². The summed E-state index contributed by atoms with van der Waals surface area (Å²) in [7, 11) is 0.0422. The van der Waals surface area contributed by atoms with Crippen LogP contribution in [0.2, 0.25) is 6.55 Å². The molecule has 1 saturated carbocycles. The zero-order valence-electron chi connectivity index (χ0n) is 23.2. The fourth-order valence-electron chi connectivity index (χ4n) is 6.69. The van der Waals surface area contributed by atoms with E-state index in [1.807, 2.05) is 0 Å². The first-order chi connectivity index (χ1) is 18.5. The summed E-state index contributed by atoms with van der Waals surface area (Å²) >= 11 is 0. The summed E-state index contributed by atoms with van der Waals surface area (Å²) in [5.41, 5.74) is 7.05. The minimum absolute atomic E-state index is 0.711. The molecule has 0 radical (unpaired) electrons. The van der Waals surface area contributed by atoms with Crippen LogP contribution in [-0.2, 0) is 7.05 Å². The van der Waals surface area contributed by atoms with Crippen LogP contribution in [0.15, 0.2) is 103 Å². The van der Waals surface area contributed by atoms with E-state index in [1.54, 1.807) is 0 Å². The van der Waals surface area contributed by atoms with Gasteiger partial charge in [-0.2, -0.15) is 0 Å². The fourth-order valence-corrected chi connectivity index (χ4v) is 10.3. The average molecular weight is 513 g/mol. The van der Waals surface area contributed by atoms with Gasteiger partial charge in [0.05, 0.1) is 10.9 Å². The second kappa shape index (κ2) is 10.00. The van der Waals surface area contributed by atoms with Gasteiger partial charge >= 0.3 is 0 Å². The highest BCUT2D eigenvalue weighted by Crippen LogP contribution is 2.38. The number of hydrogen-bond acceptors (Lipinski definition) is 0. The molecule has 0 bridgehead atoms. The summed E-state index contributed by atoms with van der Waals surface area (Å²) in [4.78, 5) is 0. The molecule has 1 aliphatic carbocycles. The van der Waals surface area contributed by atoms with Crippen LogP contribution in [0.4, 0.5) is 0 Å². The highest BCUT2D eigenvalue weighted by Gasteiger charge is 2.34. The monoisotopic (exact) mass is 512 g/mol. The smallest absolute Gasteiger partial charge is 0.200 e. The maximum Gasteiger partial charge on any atom is 0.220 e. The van der Waals surface area contributed by atoms with Gasteiger partial charge in [0.1, 0.15) is 15.1 Å². The first-order valence-electron chi connectivity index (χ1n) is 14.1. The molecule has 1 heterocycles. The van der Waals surface area contributed by atoms with Gasteiger partial charge in [-0.05, 0) is 82.4 Å². The molecule has 0 atom stereocenters. The lowest BCUT2D eigenvalue weighted by atomic mass is 9.89. The molecular weight excluding hydrogens is 474 g/mol. The predicted octanol–water partition coefficient (Wildman–Crippen LogP) is 6.71. The van der Waals surface area contributed by atoms with E-state index in [2.05, 4.69) is 135 Å². The standard InChI is InChI=1S/C36H38NSi/c1-26-23-30(28-13-11-12-14-28)25-35(27(26)2)36-34-20-19-33(24-29(34)21-22-37(36)3)38(4,31-15-7-5-8-16-31)32-17-9-6-10-18-32/h5-10,15-25,28H,11-14H2,1-4H3/q+1. The number of fused-ring (bicyclic) bond motifs is 1. The van der Waals surface area contributed by atoms with Crippen molar-refractivity contribution >= 4 is 34.4 Å². The lowest BCUT2D eigenvalue weighted by Gasteiger charge is -2.29. The molecule has 0 saturated heterocycles. The molecule has 0 N–H and O–H groups in total. The lowest BCUT2D eigenvalue weighted by Crippen LogP contribution is -2.64. The topological polar surface area (TPSA) is 3.88 Å². The number of rotatable bonds is 5. The summed E-state index contributed by atoms with van der Waals surface area (Å²) < 4.78 is 2.33. The molecule has 38 heavy (non-hydrogen) atoms. The summed E-state index contributed by atoms with van der Waals surface area (Å²) in [6, 6.07) is 36.8. The first kappa shape index (κ1) is 24.8. The van der Waals surface area contributed by atoms with Crippen LogP contribution in [0.3, 0.4) is 0 Å². The van der Waals surface area contributed by atoms with Crippen molar-refractivity contribution in [3.05, 3.63) is 120 Å². The summed E-state index contributed by atoms with van der Waals surface area (Å²) in [5.74, 6) is 0.711. The van der Waals surface area contributed by atoms with Crippen LogP contribution >= 0.6 is 0 Å². The summed E-state index contributed by atoms with van der Waals surface area (Å²) in [6.45, 7) is 7.09. The van der Waals surface area contributed by atoms with Crippen LogP contribution in [0.25, 0.3) is 22.0 Å². The van der Waals surface area contributed by atoms with Gasteiger partial charge in [-0.1, -0.05) is 98.3 Å². The molecule has 1 fully saturated rings. The number of pyridine rings is 1. The van der Waals surface area contributed by atoms with E-state index < -0.39 is 8.07 Å². The Morgan fingerprint density at radius 2 is 1.34 bits per heavy atom. The third kappa shape index (κ3) is 4.21. The fraction of sp³-hybridized carbons (Fsp3) is 0.250. The van der Waals surface area contributed by atoms with Crippen LogP contribution in [0, 0.1) is 13.8 Å². The van der Waals surface area contributed by atoms with E-state index in [4.69, 9.17) is 0 Å². The second-order valence-electron chi connectivity index (χ2n) is 11.4. The van der Waals surface area contributed by atoms with Crippen molar-refractivity contribution in [2.75, 3.05) is 0 Å². The van der Waals surface area contributed by atoms with Crippen molar-refractivity contribution in [3.8, 4) is 11.3 Å². The first-order valence-corrected chi connectivity index (χ1v) is 16.6. The molecule has 2 heteroatoms. The Kier molecular flexibility index (Phi) is 6.53. The van der Waals surface area contributed by atoms with Gasteiger partial charge in [0.15, 0.2) is 6.20 Å². The molecule has 0 amide bonds. The molecule has 5 aromatic rings. The van der Waals surface area contributed by atoms with Gasteiger partial charge in [-0.3, -0.25) is 0 Å². The van der Waals surface area contributed by atoms with Gasteiger partial charge in [0.25, 0.3) is 0 Å². The Morgan fingerprint density at radius 3 is 1.97 bits per heavy atom. The van der Waals surface area contributed by atoms with Gasteiger partial charge < -0.3 is 0 Å². The Morgan fingerprint density at radius 1 is 0.711 bits per heavy atom. The summed E-state index contributed by atoms with van der Waals surface area (Å²) in [6.07, 6.45) is 7.64. The van der Waals surface area contributed by atoms with E-state index in [1.165, 1.54) is 80.0 Å². The molecule has 1 aliphatic rings. The van der Waals surface area contributed by atoms with Crippen molar-refractivity contribution < 1.29 is 4.57 Å². The molecule has 1 aromatic heterocycles. The Balaban J connectivity index is 1.55. The van der Waals surface area contributed by atoms with Gasteiger partial charge in [-0.25, -0.2) is 4.57 Å². The van der Waals surface area contributed by atoms with Crippen LogP contribution in [0.5, 0.6) is 0 Å². The quantitative estimate of drug-likeness (QED) is 0.140. The third-order valence-corrected chi connectivity index (χ3v) is 13.6. The molecule has 0 unspecified atom stereocenters. The Labute approximate surface area is 228 Å². The highest BCUT2D eigenvalue weighted by atomic mass is 28.3. The summed E-state index contributed by atoms with van der Waals surface area (Å²) in [5, 5.41) is 7.01. The molecule has 1 nitrogen and oxygen atoms in total. The second-order valence-corrected chi connectivity index (χ2v) is 15.4. The van der Waals surface area contributed by atoms with E-state index in [0.29, 0.717) is 5.92 Å². The van der Waals surface area contributed by atoms with Gasteiger partial charge in [0.2, 0.25) is 5.69 Å². The Hall–Kier alpha value is -3.49. The third-order valence-electron chi connectivity index (χ3n) is 9.19. The minimum atomic E-state index is -2.16. The highest BCUT2D eigenvalue weighted by molar-refractivity contribution is 7.10. The molecule has 0 aliphatic heterocycles. The Bertz CT molecular complexity index is 1560. The maximum atomic E-state index is 2.51. The molecular formula is C36H38NSi+. The SMILES string of the molecule is Cc1cc(C2CCCC2)cc(-c2c3ccc([Si](C)(c4ccccc4)c4ccccc4)cc3cc[n+]2C)c1C. The number of hydrogen-bond donors (Lipinski definition) is 0. The minimum Gasteiger partial charge on any atom is -0.200 e. The van der Waals surface area contributed by atoms with Crippen molar-refractivity contribution in [2.45, 2.75) is 52.0 Å². The van der Waals surface area contributed by atoms with Gasteiger partial charge in [0, 0.05) is 6.07 Å². The number of aryl methyl sites for hydroxylation is 2. The van der Waals surface area contributed by atoms with E-state index in [-0.39, 0.29) is 0 Å². The number of nitrogens with zero attached hydrogens (tertiary/aromatic N) is 1. The zero-order valence-corrected chi connectivity index (χ0v) is 24.2. The number of aromatic nitrogens is 1. The van der Waals surface area contributed by atoms with Crippen molar-refractivity contribution in [1.29, 1.82) is 0 Å². The van der Waals surface area contributed by atoms with E-state index in [9.17, 15) is 0 Å². The average Bonchev–Trinajstić information content (AvgIpc) is 3.50. The molecule has 4 aromatic carbocycles. The van der Waals surface area contributed by atoms with Crippen LogP contribution in [-0.4, -0.2) is 8.07 Å². The lowest BCUT2D eigenvalue weighted by molar-refractivity contribution is -0.659. The number of benzene rings is 4. The normalized spacial score (nSPS) is 14.3. The maximum absolute atomic E-state index is 2.51. The van der Waals surface area contributed by atoms with Crippen molar-refractivity contribution in [3.63, 3.8) is 0 Å². The molecule has 190 valence electrons. The molecule has 6 rings (SSSR count). The molecule has 0 spiro atoms. The van der Waals surface area contributed by atoms with Crippen molar-refractivity contribution in [2.24, 2.45) is 7.05 Å². The predicted molar refractivity (Wildman–Crippen MR) is 165 cm³/mol. The zero-order chi connectivity index (χ0) is 26.3. The van der Waals surface area contributed by atoms with E-state index in [0.717, 1.165) is 0 Å². The largest absolute Gasteiger partial charge is 0.220 e.